The van der Waals surface area contributed by atoms with E-state index < -0.39 is 0 Å². The number of aromatic nitrogens is 2. The van der Waals surface area contributed by atoms with Crippen molar-refractivity contribution in [1.82, 2.24) is 9.55 Å². The molecule has 0 aliphatic heterocycles. The molecule has 0 amide bonds. The second kappa shape index (κ2) is 4.22. The highest BCUT2D eigenvalue weighted by atomic mass is 35.5. The minimum Gasteiger partial charge on any atom is -0.493 e. The maximum absolute atomic E-state index is 5.81. The zero-order valence-corrected chi connectivity index (χ0v) is 10.2. The Bertz CT molecular complexity index is 522. The number of hydrogen-bond acceptors (Lipinski definition) is 3. The summed E-state index contributed by atoms with van der Waals surface area (Å²) in [5, 5.41) is 0. The van der Waals surface area contributed by atoms with Gasteiger partial charge in [0, 0.05) is 19.2 Å². The molecule has 0 radical (unpaired) electrons. The number of benzene rings is 1. The number of fused-ring (bicyclic) bond motifs is 1. The smallest absolute Gasteiger partial charge is 0.163 e. The molecule has 0 aliphatic rings. The van der Waals surface area contributed by atoms with Gasteiger partial charge in [0.1, 0.15) is 5.82 Å². The lowest BCUT2D eigenvalue weighted by Gasteiger charge is -2.07. The van der Waals surface area contributed by atoms with Gasteiger partial charge in [0.25, 0.3) is 0 Å². The van der Waals surface area contributed by atoms with Crippen LogP contribution in [0.4, 0.5) is 0 Å². The summed E-state index contributed by atoms with van der Waals surface area (Å²) in [6, 6.07) is 3.75. The second-order valence-electron chi connectivity index (χ2n) is 3.42. The lowest BCUT2D eigenvalue weighted by molar-refractivity contribution is 0.355. The Hall–Kier alpha value is -1.42. The normalized spacial score (nSPS) is 10.8. The topological polar surface area (TPSA) is 36.3 Å². The predicted molar refractivity (Wildman–Crippen MR) is 63.4 cm³/mol. The van der Waals surface area contributed by atoms with Gasteiger partial charge in [0.2, 0.25) is 0 Å². The van der Waals surface area contributed by atoms with Crippen molar-refractivity contribution in [2.24, 2.45) is 7.05 Å². The largest absolute Gasteiger partial charge is 0.493 e. The molecule has 0 spiro atoms. The molecule has 0 saturated carbocycles. The number of hydrogen-bond donors (Lipinski definition) is 0. The molecule has 0 bridgehead atoms. The van der Waals surface area contributed by atoms with Crippen LogP contribution < -0.4 is 9.47 Å². The van der Waals surface area contributed by atoms with Crippen molar-refractivity contribution in [3.63, 3.8) is 0 Å². The molecule has 0 atom stereocenters. The van der Waals surface area contributed by atoms with E-state index in [2.05, 4.69) is 4.98 Å². The minimum atomic E-state index is 0.385. The molecule has 4 nitrogen and oxygen atoms in total. The van der Waals surface area contributed by atoms with Crippen molar-refractivity contribution >= 4 is 22.6 Å². The number of ether oxygens (including phenoxy) is 2. The number of imidazole rings is 1. The van der Waals surface area contributed by atoms with Crippen molar-refractivity contribution in [3.05, 3.63) is 18.0 Å². The Morgan fingerprint density at radius 2 is 1.88 bits per heavy atom. The number of aryl methyl sites for hydroxylation is 1. The molecule has 2 aromatic rings. The SMILES string of the molecule is COc1cc2nc(CCl)n(C)c2cc1OC. The standard InChI is InChI=1S/C11H13ClN2O2/c1-14-8-5-10(16-3)9(15-2)4-7(8)13-11(14)6-12/h4-5H,6H2,1-3H3. The fraction of sp³-hybridized carbons (Fsp3) is 0.364. The summed E-state index contributed by atoms with van der Waals surface area (Å²) >= 11 is 5.81. The first-order valence-electron chi connectivity index (χ1n) is 4.84. The van der Waals surface area contributed by atoms with E-state index in [-0.39, 0.29) is 0 Å². The van der Waals surface area contributed by atoms with Gasteiger partial charge in [-0.2, -0.15) is 0 Å². The highest BCUT2D eigenvalue weighted by Gasteiger charge is 2.12. The van der Waals surface area contributed by atoms with Crippen molar-refractivity contribution in [2.45, 2.75) is 5.88 Å². The summed E-state index contributed by atoms with van der Waals surface area (Å²) in [5.74, 6) is 2.58. The van der Waals surface area contributed by atoms with Crippen LogP contribution in [0.15, 0.2) is 12.1 Å². The van der Waals surface area contributed by atoms with Gasteiger partial charge in [-0.15, -0.1) is 11.6 Å². The van der Waals surface area contributed by atoms with Gasteiger partial charge in [-0.25, -0.2) is 4.98 Å². The molecule has 1 aromatic carbocycles. The molecule has 5 heteroatoms. The molecule has 0 aliphatic carbocycles. The van der Waals surface area contributed by atoms with Gasteiger partial charge >= 0.3 is 0 Å². The summed E-state index contributed by atoms with van der Waals surface area (Å²) in [5.41, 5.74) is 1.84. The van der Waals surface area contributed by atoms with Crippen LogP contribution in [0.5, 0.6) is 11.5 Å². The van der Waals surface area contributed by atoms with E-state index in [9.17, 15) is 0 Å². The van der Waals surface area contributed by atoms with Gasteiger partial charge in [-0.05, 0) is 0 Å². The van der Waals surface area contributed by atoms with Gasteiger partial charge in [-0.1, -0.05) is 0 Å². The Balaban J connectivity index is 2.71. The van der Waals surface area contributed by atoms with Crippen LogP contribution in [0.25, 0.3) is 11.0 Å². The average molecular weight is 241 g/mol. The van der Waals surface area contributed by atoms with E-state index in [4.69, 9.17) is 21.1 Å². The predicted octanol–water partition coefficient (Wildman–Crippen LogP) is 2.33. The summed E-state index contributed by atoms with van der Waals surface area (Å²) < 4.78 is 12.4. The fourth-order valence-corrected chi connectivity index (χ4v) is 1.93. The molecule has 0 N–H and O–H groups in total. The minimum absolute atomic E-state index is 0.385. The molecular formula is C11H13ClN2O2. The Kier molecular flexibility index (Phi) is 2.92. The number of alkyl halides is 1. The maximum atomic E-state index is 5.81. The van der Waals surface area contributed by atoms with Crippen LogP contribution in [0.2, 0.25) is 0 Å². The van der Waals surface area contributed by atoms with Crippen LogP contribution >= 0.6 is 11.6 Å². The van der Waals surface area contributed by atoms with E-state index in [1.165, 1.54) is 0 Å². The van der Waals surface area contributed by atoms with E-state index in [1.807, 2.05) is 23.7 Å². The van der Waals surface area contributed by atoms with Gasteiger partial charge in [0.15, 0.2) is 11.5 Å². The lowest BCUT2D eigenvalue weighted by atomic mass is 10.2. The summed E-state index contributed by atoms with van der Waals surface area (Å²) in [6.45, 7) is 0. The summed E-state index contributed by atoms with van der Waals surface area (Å²) in [4.78, 5) is 4.41. The van der Waals surface area contributed by atoms with Crippen LogP contribution in [0.1, 0.15) is 5.82 Å². The quantitative estimate of drug-likeness (QED) is 0.773. The average Bonchev–Trinajstić information content (AvgIpc) is 2.63. The molecule has 0 unspecified atom stereocenters. The first-order valence-corrected chi connectivity index (χ1v) is 5.38. The number of methoxy groups -OCH3 is 2. The number of halogens is 1. The number of rotatable bonds is 3. The maximum Gasteiger partial charge on any atom is 0.163 e. The lowest BCUT2D eigenvalue weighted by Crippen LogP contribution is -1.94. The van der Waals surface area contributed by atoms with Gasteiger partial charge in [-0.3, -0.25) is 0 Å². The third kappa shape index (κ3) is 1.59. The van der Waals surface area contributed by atoms with E-state index in [0.29, 0.717) is 17.4 Å². The molecule has 0 saturated heterocycles. The summed E-state index contributed by atoms with van der Waals surface area (Å²) in [7, 11) is 5.15. The van der Waals surface area contributed by atoms with E-state index in [1.54, 1.807) is 14.2 Å². The third-order valence-corrected chi connectivity index (χ3v) is 2.84. The molecule has 1 heterocycles. The molecule has 0 fully saturated rings. The van der Waals surface area contributed by atoms with Crippen molar-refractivity contribution in [1.29, 1.82) is 0 Å². The Morgan fingerprint density at radius 1 is 1.25 bits per heavy atom. The highest BCUT2D eigenvalue weighted by molar-refractivity contribution is 6.16. The first-order chi connectivity index (χ1) is 7.71. The highest BCUT2D eigenvalue weighted by Crippen LogP contribution is 2.32. The fourth-order valence-electron chi connectivity index (χ4n) is 1.69. The second-order valence-corrected chi connectivity index (χ2v) is 3.68. The monoisotopic (exact) mass is 240 g/mol. The van der Waals surface area contributed by atoms with Gasteiger partial charge in [0.05, 0.1) is 31.1 Å². The van der Waals surface area contributed by atoms with E-state index in [0.717, 1.165) is 16.9 Å². The third-order valence-electron chi connectivity index (χ3n) is 2.60. The van der Waals surface area contributed by atoms with Crippen LogP contribution in [0, 0.1) is 0 Å². The first kappa shape index (κ1) is 11.1. The van der Waals surface area contributed by atoms with Crippen LogP contribution in [0.3, 0.4) is 0 Å². The molecular weight excluding hydrogens is 228 g/mol. The van der Waals surface area contributed by atoms with Crippen LogP contribution in [-0.2, 0) is 12.9 Å². The molecule has 2 rings (SSSR count). The molecule has 1 aromatic heterocycles. The van der Waals surface area contributed by atoms with E-state index >= 15 is 0 Å². The molecule has 86 valence electrons. The van der Waals surface area contributed by atoms with Crippen molar-refractivity contribution in [3.8, 4) is 11.5 Å². The molecule has 16 heavy (non-hydrogen) atoms. The van der Waals surface area contributed by atoms with Crippen LogP contribution in [-0.4, -0.2) is 23.8 Å². The Labute approximate surface area is 98.7 Å². The summed E-state index contributed by atoms with van der Waals surface area (Å²) in [6.07, 6.45) is 0. The zero-order valence-electron chi connectivity index (χ0n) is 9.45. The number of nitrogens with zero attached hydrogens (tertiary/aromatic N) is 2. The van der Waals surface area contributed by atoms with Crippen molar-refractivity contribution < 1.29 is 9.47 Å². The van der Waals surface area contributed by atoms with Gasteiger partial charge < -0.3 is 14.0 Å². The zero-order chi connectivity index (χ0) is 11.7. The Morgan fingerprint density at radius 3 is 2.44 bits per heavy atom. The van der Waals surface area contributed by atoms with Crippen molar-refractivity contribution in [2.75, 3.05) is 14.2 Å².